The molecule has 1 atom stereocenters. The lowest BCUT2D eigenvalue weighted by Gasteiger charge is -2.24. The standard InChI is InChI=1S/C18H23N3O2/c22-16-6-3-11-21(16)15-5-2-1-4-14(15)20-17(23)13-12-18(13)7-9-19-10-8-18/h1-2,4-5,13,19H,3,6-12H2,(H,20,23). The molecule has 2 saturated heterocycles. The number of benzene rings is 1. The first-order chi connectivity index (χ1) is 11.2. The van der Waals surface area contributed by atoms with Gasteiger partial charge < -0.3 is 15.5 Å². The lowest BCUT2D eigenvalue weighted by Crippen LogP contribution is -2.32. The second kappa shape index (κ2) is 5.64. The van der Waals surface area contributed by atoms with E-state index < -0.39 is 0 Å². The fourth-order valence-corrected chi connectivity index (χ4v) is 4.13. The Labute approximate surface area is 136 Å². The molecule has 0 aromatic heterocycles. The number of piperidine rings is 1. The van der Waals surface area contributed by atoms with E-state index in [0.29, 0.717) is 6.42 Å². The van der Waals surface area contributed by atoms with E-state index in [1.165, 1.54) is 0 Å². The molecule has 0 bridgehead atoms. The number of nitrogens with zero attached hydrogens (tertiary/aromatic N) is 1. The molecular formula is C18H23N3O2. The van der Waals surface area contributed by atoms with Gasteiger partial charge in [0.2, 0.25) is 11.8 Å². The predicted octanol–water partition coefficient (Wildman–Crippen LogP) is 2.14. The van der Waals surface area contributed by atoms with Gasteiger partial charge in [-0.1, -0.05) is 12.1 Å². The summed E-state index contributed by atoms with van der Waals surface area (Å²) in [4.78, 5) is 26.5. The van der Waals surface area contributed by atoms with E-state index in [0.717, 1.165) is 56.7 Å². The zero-order valence-corrected chi connectivity index (χ0v) is 13.3. The van der Waals surface area contributed by atoms with Crippen molar-refractivity contribution >= 4 is 23.2 Å². The number of hydrogen-bond acceptors (Lipinski definition) is 3. The summed E-state index contributed by atoms with van der Waals surface area (Å²) < 4.78 is 0. The van der Waals surface area contributed by atoms with Gasteiger partial charge in [-0.05, 0) is 56.3 Å². The Kier molecular flexibility index (Phi) is 3.60. The number of nitrogens with one attached hydrogen (secondary N) is 2. The zero-order chi connectivity index (χ0) is 15.9. The van der Waals surface area contributed by atoms with Gasteiger partial charge in [-0.3, -0.25) is 9.59 Å². The monoisotopic (exact) mass is 313 g/mol. The highest BCUT2D eigenvalue weighted by Gasteiger charge is 2.57. The smallest absolute Gasteiger partial charge is 0.228 e. The van der Waals surface area contributed by atoms with E-state index in [9.17, 15) is 9.59 Å². The highest BCUT2D eigenvalue weighted by Crippen LogP contribution is 2.58. The van der Waals surface area contributed by atoms with Crippen LogP contribution in [0.1, 0.15) is 32.1 Å². The Bertz CT molecular complexity index is 637. The van der Waals surface area contributed by atoms with Gasteiger partial charge >= 0.3 is 0 Å². The summed E-state index contributed by atoms with van der Waals surface area (Å²) in [7, 11) is 0. The first-order valence-electron chi connectivity index (χ1n) is 8.61. The van der Waals surface area contributed by atoms with Crippen LogP contribution in [0.5, 0.6) is 0 Å². The molecule has 0 radical (unpaired) electrons. The van der Waals surface area contributed by atoms with Gasteiger partial charge in [0.25, 0.3) is 0 Å². The number of anilines is 2. The van der Waals surface area contributed by atoms with Gasteiger partial charge in [0.05, 0.1) is 11.4 Å². The fourth-order valence-electron chi connectivity index (χ4n) is 4.13. The molecule has 1 aromatic carbocycles. The van der Waals surface area contributed by atoms with Gasteiger partial charge in [-0.15, -0.1) is 0 Å². The van der Waals surface area contributed by atoms with E-state index in [2.05, 4.69) is 10.6 Å². The van der Waals surface area contributed by atoms with Crippen molar-refractivity contribution in [2.75, 3.05) is 29.9 Å². The van der Waals surface area contributed by atoms with Crippen molar-refractivity contribution in [3.8, 4) is 0 Å². The summed E-state index contributed by atoms with van der Waals surface area (Å²) in [5.41, 5.74) is 1.83. The van der Waals surface area contributed by atoms with Crippen molar-refractivity contribution in [2.45, 2.75) is 32.1 Å². The van der Waals surface area contributed by atoms with Gasteiger partial charge in [0.1, 0.15) is 0 Å². The number of carbonyl (C=O) groups excluding carboxylic acids is 2. The second-order valence-corrected chi connectivity index (χ2v) is 7.02. The molecule has 1 aromatic rings. The minimum absolute atomic E-state index is 0.117. The molecule has 2 amide bonds. The SMILES string of the molecule is O=C(Nc1ccccc1N1CCCC1=O)C1CC12CCNCC2. The summed E-state index contributed by atoms with van der Waals surface area (Å²) in [5, 5.41) is 6.45. The van der Waals surface area contributed by atoms with Crippen molar-refractivity contribution in [3.63, 3.8) is 0 Å². The molecule has 5 nitrogen and oxygen atoms in total. The van der Waals surface area contributed by atoms with Gasteiger partial charge in [-0.25, -0.2) is 0 Å². The molecule has 2 heterocycles. The topological polar surface area (TPSA) is 61.4 Å². The van der Waals surface area contributed by atoms with Crippen LogP contribution in [0, 0.1) is 11.3 Å². The molecule has 5 heteroatoms. The van der Waals surface area contributed by atoms with Gasteiger partial charge in [0, 0.05) is 18.9 Å². The Morgan fingerprint density at radius 1 is 1.26 bits per heavy atom. The van der Waals surface area contributed by atoms with Crippen molar-refractivity contribution in [1.82, 2.24) is 5.32 Å². The van der Waals surface area contributed by atoms with Crippen LogP contribution in [0.3, 0.4) is 0 Å². The Hall–Kier alpha value is -1.88. The van der Waals surface area contributed by atoms with Gasteiger partial charge in [0.15, 0.2) is 0 Å². The number of rotatable bonds is 3. The van der Waals surface area contributed by atoms with Gasteiger partial charge in [-0.2, -0.15) is 0 Å². The Balaban J connectivity index is 1.49. The van der Waals surface area contributed by atoms with E-state index >= 15 is 0 Å². The summed E-state index contributed by atoms with van der Waals surface area (Å²) in [5.74, 6) is 0.394. The van der Waals surface area contributed by atoms with E-state index in [-0.39, 0.29) is 23.1 Å². The van der Waals surface area contributed by atoms with Crippen molar-refractivity contribution in [3.05, 3.63) is 24.3 Å². The summed E-state index contributed by atoms with van der Waals surface area (Å²) in [6.07, 6.45) is 4.68. The van der Waals surface area contributed by atoms with Crippen LogP contribution in [0.15, 0.2) is 24.3 Å². The normalized spacial score (nSPS) is 25.7. The number of hydrogen-bond donors (Lipinski definition) is 2. The summed E-state index contributed by atoms with van der Waals surface area (Å²) in [6, 6.07) is 7.65. The molecule has 23 heavy (non-hydrogen) atoms. The molecule has 1 saturated carbocycles. The van der Waals surface area contributed by atoms with Crippen LogP contribution < -0.4 is 15.5 Å². The maximum Gasteiger partial charge on any atom is 0.228 e. The predicted molar refractivity (Wildman–Crippen MR) is 89.3 cm³/mol. The average Bonchev–Trinajstić information content (AvgIpc) is 3.08. The molecule has 1 spiro atoms. The zero-order valence-electron chi connectivity index (χ0n) is 13.3. The Morgan fingerprint density at radius 3 is 2.78 bits per heavy atom. The third-order valence-electron chi connectivity index (χ3n) is 5.63. The number of para-hydroxylation sites is 2. The van der Waals surface area contributed by atoms with Crippen LogP contribution in [0.2, 0.25) is 0 Å². The van der Waals surface area contributed by atoms with Crippen LogP contribution >= 0.6 is 0 Å². The average molecular weight is 313 g/mol. The molecule has 1 unspecified atom stereocenters. The molecule has 2 aliphatic heterocycles. The molecule has 2 N–H and O–H groups in total. The summed E-state index contributed by atoms with van der Waals surface area (Å²) >= 11 is 0. The first kappa shape index (κ1) is 14.7. The molecule has 3 aliphatic rings. The third kappa shape index (κ3) is 2.63. The fraction of sp³-hybridized carbons (Fsp3) is 0.556. The maximum absolute atomic E-state index is 12.7. The molecular weight excluding hydrogens is 290 g/mol. The van der Waals surface area contributed by atoms with Crippen molar-refractivity contribution < 1.29 is 9.59 Å². The van der Waals surface area contributed by atoms with Crippen molar-refractivity contribution in [1.29, 1.82) is 0 Å². The van der Waals surface area contributed by atoms with Crippen LogP contribution in [-0.4, -0.2) is 31.4 Å². The second-order valence-electron chi connectivity index (χ2n) is 7.02. The van der Waals surface area contributed by atoms with Crippen LogP contribution in [-0.2, 0) is 9.59 Å². The Morgan fingerprint density at radius 2 is 2.04 bits per heavy atom. The number of carbonyl (C=O) groups is 2. The first-order valence-corrected chi connectivity index (χ1v) is 8.61. The third-order valence-corrected chi connectivity index (χ3v) is 5.63. The number of amides is 2. The maximum atomic E-state index is 12.7. The lowest BCUT2D eigenvalue weighted by atomic mass is 9.92. The minimum Gasteiger partial charge on any atom is -0.324 e. The van der Waals surface area contributed by atoms with E-state index in [4.69, 9.17) is 0 Å². The molecule has 3 fully saturated rings. The van der Waals surface area contributed by atoms with Crippen LogP contribution in [0.25, 0.3) is 0 Å². The summed E-state index contributed by atoms with van der Waals surface area (Å²) in [6.45, 7) is 2.77. The lowest BCUT2D eigenvalue weighted by molar-refractivity contribution is -0.118. The van der Waals surface area contributed by atoms with E-state index in [1.807, 2.05) is 24.3 Å². The molecule has 1 aliphatic carbocycles. The largest absolute Gasteiger partial charge is 0.324 e. The molecule has 122 valence electrons. The minimum atomic E-state index is 0.117. The highest BCUT2D eigenvalue weighted by molar-refractivity contribution is 6.03. The van der Waals surface area contributed by atoms with Crippen LogP contribution in [0.4, 0.5) is 11.4 Å². The quantitative estimate of drug-likeness (QED) is 0.899. The highest BCUT2D eigenvalue weighted by atomic mass is 16.2. The molecule has 4 rings (SSSR count). The van der Waals surface area contributed by atoms with Crippen molar-refractivity contribution in [2.24, 2.45) is 11.3 Å². The van der Waals surface area contributed by atoms with E-state index in [1.54, 1.807) is 4.90 Å².